The minimum atomic E-state index is -0.301. The highest BCUT2D eigenvalue weighted by Crippen LogP contribution is 2.12. The normalized spacial score (nSPS) is 10.1. The summed E-state index contributed by atoms with van der Waals surface area (Å²) in [6, 6.07) is 10.7. The van der Waals surface area contributed by atoms with Crippen LogP contribution in [0, 0.1) is 0 Å². The highest BCUT2D eigenvalue weighted by Gasteiger charge is 2.08. The first-order chi connectivity index (χ1) is 10.3. The van der Waals surface area contributed by atoms with Gasteiger partial charge in [0.2, 0.25) is 0 Å². The highest BCUT2D eigenvalue weighted by atomic mass is 16.1. The molecule has 3 heterocycles. The Balaban J connectivity index is 1.75. The number of carbonyl (C=O) groups excluding carboxylic acids is 1. The third kappa shape index (κ3) is 3.06. The Morgan fingerprint density at radius 3 is 2.19 bits per heavy atom. The van der Waals surface area contributed by atoms with E-state index in [4.69, 9.17) is 0 Å². The molecule has 0 fully saturated rings. The van der Waals surface area contributed by atoms with Crippen molar-refractivity contribution >= 4 is 11.6 Å². The van der Waals surface area contributed by atoms with E-state index in [-0.39, 0.29) is 5.91 Å². The summed E-state index contributed by atoms with van der Waals surface area (Å²) in [5.74, 6) is 0.205. The van der Waals surface area contributed by atoms with Crippen LogP contribution in [0.3, 0.4) is 0 Å². The van der Waals surface area contributed by atoms with Crippen molar-refractivity contribution in [2.45, 2.75) is 0 Å². The Kier molecular flexibility index (Phi) is 3.60. The maximum absolute atomic E-state index is 11.9. The molecule has 6 heteroatoms. The molecule has 0 aliphatic heterocycles. The molecule has 0 aromatic carbocycles. The molecule has 0 saturated heterocycles. The molecule has 0 unspecified atom stereocenters. The van der Waals surface area contributed by atoms with Crippen molar-refractivity contribution in [2.24, 2.45) is 0 Å². The Morgan fingerprint density at radius 2 is 1.57 bits per heavy atom. The number of pyridine rings is 2. The molecule has 0 spiro atoms. The maximum Gasteiger partial charge on any atom is 0.274 e. The van der Waals surface area contributed by atoms with Crippen molar-refractivity contribution in [1.82, 2.24) is 19.9 Å². The molecular formula is C15H11N5O. The summed E-state index contributed by atoms with van der Waals surface area (Å²) in [5, 5.41) is 2.69. The van der Waals surface area contributed by atoms with Gasteiger partial charge < -0.3 is 5.32 Å². The first-order valence-electron chi connectivity index (χ1n) is 6.29. The number of anilines is 1. The number of nitrogens with zero attached hydrogens (tertiary/aromatic N) is 4. The molecule has 21 heavy (non-hydrogen) atoms. The van der Waals surface area contributed by atoms with E-state index in [0.717, 1.165) is 0 Å². The minimum absolute atomic E-state index is 0.301. The van der Waals surface area contributed by atoms with Crippen molar-refractivity contribution in [3.63, 3.8) is 0 Å². The second-order valence-corrected chi connectivity index (χ2v) is 4.18. The van der Waals surface area contributed by atoms with Gasteiger partial charge in [0.05, 0.1) is 18.1 Å². The third-order valence-electron chi connectivity index (χ3n) is 2.70. The lowest BCUT2D eigenvalue weighted by Crippen LogP contribution is -2.13. The molecule has 0 bridgehead atoms. The van der Waals surface area contributed by atoms with Gasteiger partial charge in [-0.15, -0.1) is 0 Å². The highest BCUT2D eigenvalue weighted by molar-refractivity contribution is 6.02. The second-order valence-electron chi connectivity index (χ2n) is 4.18. The van der Waals surface area contributed by atoms with Crippen LogP contribution in [-0.2, 0) is 0 Å². The van der Waals surface area contributed by atoms with Gasteiger partial charge in [-0.1, -0.05) is 12.1 Å². The smallest absolute Gasteiger partial charge is 0.274 e. The zero-order valence-corrected chi connectivity index (χ0v) is 11.0. The number of aromatic nitrogens is 4. The predicted octanol–water partition coefficient (Wildman–Crippen LogP) is 2.19. The zero-order chi connectivity index (χ0) is 14.5. The van der Waals surface area contributed by atoms with Crippen LogP contribution in [0.2, 0.25) is 0 Å². The molecule has 102 valence electrons. The fraction of sp³-hybridized carbons (Fsp3) is 0. The van der Waals surface area contributed by atoms with Crippen LogP contribution < -0.4 is 5.32 Å². The number of carbonyl (C=O) groups is 1. The van der Waals surface area contributed by atoms with Gasteiger partial charge in [-0.25, -0.2) is 9.97 Å². The molecular weight excluding hydrogens is 266 g/mol. The van der Waals surface area contributed by atoms with Crippen molar-refractivity contribution in [1.29, 1.82) is 0 Å². The van der Waals surface area contributed by atoms with Gasteiger partial charge in [0.15, 0.2) is 5.82 Å². The molecule has 3 aromatic rings. The van der Waals surface area contributed by atoms with Crippen molar-refractivity contribution in [3.05, 3.63) is 66.9 Å². The number of amides is 1. The van der Waals surface area contributed by atoms with E-state index in [0.29, 0.717) is 22.9 Å². The van der Waals surface area contributed by atoms with E-state index < -0.39 is 0 Å². The number of rotatable bonds is 3. The van der Waals surface area contributed by atoms with Crippen molar-refractivity contribution in [2.75, 3.05) is 5.32 Å². The van der Waals surface area contributed by atoms with E-state index >= 15 is 0 Å². The van der Waals surface area contributed by atoms with Gasteiger partial charge in [0.1, 0.15) is 11.4 Å². The first-order valence-corrected chi connectivity index (χ1v) is 6.29. The van der Waals surface area contributed by atoms with Crippen LogP contribution in [0.25, 0.3) is 11.5 Å². The van der Waals surface area contributed by atoms with Crippen LogP contribution >= 0.6 is 0 Å². The van der Waals surface area contributed by atoms with Gasteiger partial charge in [-0.2, -0.15) is 0 Å². The lowest BCUT2D eigenvalue weighted by Gasteiger charge is -2.04. The summed E-state index contributed by atoms with van der Waals surface area (Å²) >= 11 is 0. The van der Waals surface area contributed by atoms with Crippen LogP contribution in [0.4, 0.5) is 5.69 Å². The lowest BCUT2D eigenvalue weighted by atomic mass is 10.3. The van der Waals surface area contributed by atoms with Gasteiger partial charge >= 0.3 is 0 Å². The number of hydrogen-bond donors (Lipinski definition) is 1. The summed E-state index contributed by atoms with van der Waals surface area (Å²) in [7, 11) is 0. The topological polar surface area (TPSA) is 80.7 Å². The molecule has 0 atom stereocenters. The summed E-state index contributed by atoms with van der Waals surface area (Å²) < 4.78 is 0. The molecule has 1 N–H and O–H groups in total. The lowest BCUT2D eigenvalue weighted by molar-refractivity contribution is 0.102. The summed E-state index contributed by atoms with van der Waals surface area (Å²) in [6.07, 6.45) is 6.32. The molecule has 0 aliphatic carbocycles. The van der Waals surface area contributed by atoms with Crippen LogP contribution in [-0.4, -0.2) is 25.8 Å². The van der Waals surface area contributed by atoms with Gasteiger partial charge in [0.25, 0.3) is 5.91 Å². The summed E-state index contributed by atoms with van der Waals surface area (Å²) in [4.78, 5) is 28.4. The quantitative estimate of drug-likeness (QED) is 0.793. The van der Waals surface area contributed by atoms with E-state index in [1.54, 1.807) is 30.6 Å². The minimum Gasteiger partial charge on any atom is -0.318 e. The monoisotopic (exact) mass is 277 g/mol. The summed E-state index contributed by atoms with van der Waals surface area (Å²) in [5.41, 5.74) is 1.52. The molecule has 0 radical (unpaired) electrons. The number of nitrogens with one attached hydrogen (secondary N) is 1. The summed E-state index contributed by atoms with van der Waals surface area (Å²) in [6.45, 7) is 0. The molecule has 0 aliphatic rings. The average molecular weight is 277 g/mol. The average Bonchev–Trinajstić information content (AvgIpc) is 2.57. The maximum atomic E-state index is 11.9. The van der Waals surface area contributed by atoms with Gasteiger partial charge in [-0.3, -0.25) is 14.8 Å². The Hall–Kier alpha value is -3.15. The van der Waals surface area contributed by atoms with E-state index in [1.807, 2.05) is 18.2 Å². The Morgan fingerprint density at radius 1 is 0.857 bits per heavy atom. The van der Waals surface area contributed by atoms with Crippen LogP contribution in [0.1, 0.15) is 10.5 Å². The van der Waals surface area contributed by atoms with E-state index in [1.165, 1.54) is 12.4 Å². The largest absolute Gasteiger partial charge is 0.318 e. The Labute approximate surface area is 121 Å². The standard InChI is InChI=1S/C15H11N5O/c21-15(13-6-2-4-8-17-13)20-11-9-18-14(19-10-11)12-5-1-3-7-16-12/h1-10H,(H,20,21). The van der Waals surface area contributed by atoms with E-state index in [2.05, 4.69) is 25.3 Å². The van der Waals surface area contributed by atoms with Gasteiger partial charge in [0, 0.05) is 12.4 Å². The second kappa shape index (κ2) is 5.87. The molecule has 1 amide bonds. The fourth-order valence-electron chi connectivity index (χ4n) is 1.71. The van der Waals surface area contributed by atoms with Gasteiger partial charge in [-0.05, 0) is 24.3 Å². The zero-order valence-electron chi connectivity index (χ0n) is 11.0. The van der Waals surface area contributed by atoms with Crippen LogP contribution in [0.5, 0.6) is 0 Å². The van der Waals surface area contributed by atoms with Crippen molar-refractivity contribution in [3.8, 4) is 11.5 Å². The van der Waals surface area contributed by atoms with Crippen LogP contribution in [0.15, 0.2) is 61.2 Å². The number of hydrogen-bond acceptors (Lipinski definition) is 5. The molecule has 0 saturated carbocycles. The predicted molar refractivity (Wildman–Crippen MR) is 77.5 cm³/mol. The fourth-order valence-corrected chi connectivity index (χ4v) is 1.71. The van der Waals surface area contributed by atoms with Crippen molar-refractivity contribution < 1.29 is 4.79 Å². The molecule has 3 rings (SSSR count). The first kappa shape index (κ1) is 12.9. The third-order valence-corrected chi connectivity index (χ3v) is 2.70. The Bertz CT molecular complexity index is 729. The van der Waals surface area contributed by atoms with E-state index in [9.17, 15) is 4.79 Å². The molecule has 3 aromatic heterocycles. The SMILES string of the molecule is O=C(Nc1cnc(-c2ccccn2)nc1)c1ccccn1. The molecule has 6 nitrogen and oxygen atoms in total.